The smallest absolute Gasteiger partial charge is 0.224 e. The van der Waals surface area contributed by atoms with E-state index in [9.17, 15) is 4.79 Å². The quantitative estimate of drug-likeness (QED) is 0.847. The van der Waals surface area contributed by atoms with Gasteiger partial charge in [-0.05, 0) is 54.2 Å². The molecule has 0 unspecified atom stereocenters. The number of ether oxygens (including phenoxy) is 2. The zero-order valence-electron chi connectivity index (χ0n) is 15.9. The third kappa shape index (κ3) is 4.57. The highest BCUT2D eigenvalue weighted by atomic mass is 16.5. The van der Waals surface area contributed by atoms with Crippen LogP contribution in [0.25, 0.3) is 0 Å². The number of pyridine rings is 1. The molecule has 0 aliphatic carbocycles. The second kappa shape index (κ2) is 8.86. The van der Waals surface area contributed by atoms with Crippen molar-refractivity contribution in [2.75, 3.05) is 27.3 Å². The van der Waals surface area contributed by atoms with Crippen molar-refractivity contribution in [1.82, 2.24) is 9.88 Å². The Bertz CT molecular complexity index is 759. The fraction of sp³-hybridized carbons (Fsp3) is 0.429. The molecule has 3 rings (SSSR count). The number of piperidine rings is 1. The van der Waals surface area contributed by atoms with Crippen molar-refractivity contribution in [3.05, 3.63) is 53.9 Å². The molecule has 144 valence electrons. The Balaban J connectivity index is 1.56. The number of methoxy groups -OCH3 is 2. The first kappa shape index (κ1) is 19.2. The normalized spacial score (nSPS) is 16.0. The second-order valence-electron chi connectivity index (χ2n) is 6.86. The molecule has 1 aliphatic heterocycles. The van der Waals surface area contributed by atoms with Crippen LogP contribution in [0.2, 0.25) is 0 Å². The number of carbonyl (C=O) groups is 1. The maximum atomic E-state index is 12.7. The molecule has 1 aliphatic rings. The van der Waals surface area contributed by atoms with E-state index in [1.807, 2.05) is 35.5 Å². The Kier molecular flexibility index (Phi) is 6.29. The number of likely N-dealkylation sites (tertiary alicyclic amines) is 1. The lowest BCUT2D eigenvalue weighted by molar-refractivity contribution is -0.132. The van der Waals surface area contributed by atoms with Gasteiger partial charge < -0.3 is 20.1 Å². The molecule has 1 fully saturated rings. The minimum Gasteiger partial charge on any atom is -0.493 e. The maximum Gasteiger partial charge on any atom is 0.224 e. The van der Waals surface area contributed by atoms with Crippen LogP contribution in [0.5, 0.6) is 11.5 Å². The Labute approximate surface area is 160 Å². The van der Waals surface area contributed by atoms with Gasteiger partial charge in [0.05, 0.1) is 14.2 Å². The van der Waals surface area contributed by atoms with Crippen molar-refractivity contribution in [1.29, 1.82) is 0 Å². The summed E-state index contributed by atoms with van der Waals surface area (Å²) in [5.41, 5.74) is 8.46. The lowest BCUT2D eigenvalue weighted by Gasteiger charge is -2.33. The monoisotopic (exact) mass is 369 g/mol. The predicted octanol–water partition coefficient (Wildman–Crippen LogP) is 2.89. The maximum absolute atomic E-state index is 12.7. The molecule has 0 bridgehead atoms. The number of nitrogens with zero attached hydrogens (tertiary/aromatic N) is 2. The molecular weight excluding hydrogens is 342 g/mol. The molecular formula is C21H27N3O3. The third-order valence-electron chi connectivity index (χ3n) is 5.26. The van der Waals surface area contributed by atoms with Crippen LogP contribution in [0.15, 0.2) is 42.7 Å². The van der Waals surface area contributed by atoms with E-state index in [2.05, 4.69) is 17.1 Å². The lowest BCUT2D eigenvalue weighted by atomic mass is 9.90. The van der Waals surface area contributed by atoms with Gasteiger partial charge in [-0.1, -0.05) is 6.07 Å². The van der Waals surface area contributed by atoms with Crippen LogP contribution in [0.1, 0.15) is 42.3 Å². The summed E-state index contributed by atoms with van der Waals surface area (Å²) in [6, 6.07) is 9.31. The van der Waals surface area contributed by atoms with Crippen molar-refractivity contribution in [3.8, 4) is 11.5 Å². The van der Waals surface area contributed by atoms with Gasteiger partial charge in [0.2, 0.25) is 5.91 Å². The van der Waals surface area contributed by atoms with Crippen LogP contribution in [-0.4, -0.2) is 43.1 Å². The summed E-state index contributed by atoms with van der Waals surface area (Å²) in [6.07, 6.45) is 5.89. The van der Waals surface area contributed by atoms with E-state index in [0.717, 1.165) is 31.5 Å². The van der Waals surface area contributed by atoms with E-state index >= 15 is 0 Å². The molecule has 1 amide bonds. The molecule has 2 N–H and O–H groups in total. The molecule has 2 heterocycles. The number of nitrogens with two attached hydrogens (primary N) is 1. The summed E-state index contributed by atoms with van der Waals surface area (Å²) >= 11 is 0. The fourth-order valence-corrected chi connectivity index (χ4v) is 3.62. The number of hydrogen-bond acceptors (Lipinski definition) is 5. The largest absolute Gasteiger partial charge is 0.493 e. The molecule has 0 radical (unpaired) electrons. The van der Waals surface area contributed by atoms with Gasteiger partial charge in [0.1, 0.15) is 0 Å². The van der Waals surface area contributed by atoms with Gasteiger partial charge in [0, 0.05) is 37.9 Å². The van der Waals surface area contributed by atoms with Gasteiger partial charge in [-0.3, -0.25) is 9.78 Å². The molecule has 6 heteroatoms. The molecule has 1 atom stereocenters. The first-order valence-electron chi connectivity index (χ1n) is 9.27. The van der Waals surface area contributed by atoms with Crippen LogP contribution < -0.4 is 15.2 Å². The summed E-state index contributed by atoms with van der Waals surface area (Å²) in [5, 5.41) is 0. The second-order valence-corrected chi connectivity index (χ2v) is 6.86. The van der Waals surface area contributed by atoms with Gasteiger partial charge in [-0.15, -0.1) is 0 Å². The van der Waals surface area contributed by atoms with E-state index in [1.165, 1.54) is 5.56 Å². The van der Waals surface area contributed by atoms with Crippen molar-refractivity contribution in [3.63, 3.8) is 0 Å². The standard InChI is InChI=1S/C21H27N3O3/c1-26-19-4-3-17(13-20(19)27-2)18(22)14-21(25)24-11-7-16(8-12-24)15-5-9-23-10-6-15/h3-6,9-10,13,16,18H,7-8,11-12,14,22H2,1-2H3/t18-/m1/s1. The summed E-state index contributed by atoms with van der Waals surface area (Å²) in [4.78, 5) is 18.7. The number of hydrogen-bond donors (Lipinski definition) is 1. The van der Waals surface area contributed by atoms with Gasteiger partial charge in [-0.25, -0.2) is 0 Å². The summed E-state index contributed by atoms with van der Waals surface area (Å²) in [5.74, 6) is 1.87. The number of carbonyl (C=O) groups excluding carboxylic acids is 1. The Morgan fingerprint density at radius 2 is 1.81 bits per heavy atom. The van der Waals surface area contributed by atoms with Crippen LogP contribution in [0, 0.1) is 0 Å². The summed E-state index contributed by atoms with van der Waals surface area (Å²) < 4.78 is 10.6. The average Bonchev–Trinajstić information content (AvgIpc) is 2.73. The van der Waals surface area contributed by atoms with Crippen molar-refractivity contribution >= 4 is 5.91 Å². The molecule has 1 saturated heterocycles. The highest BCUT2D eigenvalue weighted by Crippen LogP contribution is 2.31. The number of amides is 1. The van der Waals surface area contributed by atoms with E-state index in [1.54, 1.807) is 14.2 Å². The fourth-order valence-electron chi connectivity index (χ4n) is 3.62. The first-order chi connectivity index (χ1) is 13.1. The molecule has 6 nitrogen and oxygen atoms in total. The first-order valence-corrected chi connectivity index (χ1v) is 9.27. The number of benzene rings is 1. The summed E-state index contributed by atoms with van der Waals surface area (Å²) in [6.45, 7) is 1.54. The molecule has 27 heavy (non-hydrogen) atoms. The predicted molar refractivity (Wildman–Crippen MR) is 104 cm³/mol. The number of rotatable bonds is 6. The Morgan fingerprint density at radius 1 is 1.15 bits per heavy atom. The van der Waals surface area contributed by atoms with Gasteiger partial charge >= 0.3 is 0 Å². The van der Waals surface area contributed by atoms with Crippen LogP contribution in [0.4, 0.5) is 0 Å². The van der Waals surface area contributed by atoms with Crippen LogP contribution in [-0.2, 0) is 4.79 Å². The molecule has 2 aromatic rings. The van der Waals surface area contributed by atoms with Crippen LogP contribution >= 0.6 is 0 Å². The van der Waals surface area contributed by atoms with Crippen LogP contribution in [0.3, 0.4) is 0 Å². The highest BCUT2D eigenvalue weighted by molar-refractivity contribution is 5.77. The Morgan fingerprint density at radius 3 is 2.44 bits per heavy atom. The average molecular weight is 369 g/mol. The minimum absolute atomic E-state index is 0.102. The lowest BCUT2D eigenvalue weighted by Crippen LogP contribution is -2.39. The van der Waals surface area contributed by atoms with Crippen molar-refractivity contribution in [2.24, 2.45) is 5.73 Å². The molecule has 0 spiro atoms. The molecule has 1 aromatic heterocycles. The van der Waals surface area contributed by atoms with E-state index in [4.69, 9.17) is 15.2 Å². The van der Waals surface area contributed by atoms with Crippen molar-refractivity contribution < 1.29 is 14.3 Å². The van der Waals surface area contributed by atoms with Gasteiger partial charge in [0.15, 0.2) is 11.5 Å². The number of aromatic nitrogens is 1. The zero-order chi connectivity index (χ0) is 19.2. The minimum atomic E-state index is -0.366. The Hall–Kier alpha value is -2.60. The zero-order valence-corrected chi connectivity index (χ0v) is 15.9. The van der Waals surface area contributed by atoms with E-state index in [-0.39, 0.29) is 18.4 Å². The van der Waals surface area contributed by atoms with Gasteiger partial charge in [-0.2, -0.15) is 0 Å². The highest BCUT2D eigenvalue weighted by Gasteiger charge is 2.25. The topological polar surface area (TPSA) is 77.7 Å². The third-order valence-corrected chi connectivity index (χ3v) is 5.26. The van der Waals surface area contributed by atoms with Gasteiger partial charge in [0.25, 0.3) is 0 Å². The van der Waals surface area contributed by atoms with E-state index in [0.29, 0.717) is 17.4 Å². The SMILES string of the molecule is COc1ccc([C@H](N)CC(=O)N2CCC(c3ccncc3)CC2)cc1OC. The summed E-state index contributed by atoms with van der Waals surface area (Å²) in [7, 11) is 3.18. The van der Waals surface area contributed by atoms with Crippen molar-refractivity contribution in [2.45, 2.75) is 31.2 Å². The molecule has 0 saturated carbocycles. The van der Waals surface area contributed by atoms with E-state index < -0.39 is 0 Å². The molecule has 1 aromatic carbocycles.